The Morgan fingerprint density at radius 2 is 1.84 bits per heavy atom. The lowest BCUT2D eigenvalue weighted by atomic mass is 10.1. The second kappa shape index (κ2) is 11.8. The molecule has 32 heavy (non-hydrogen) atoms. The van der Waals surface area contributed by atoms with Crippen LogP contribution >= 0.6 is 0 Å². The molecule has 0 radical (unpaired) electrons. The topological polar surface area (TPSA) is 105 Å². The Hall–Kier alpha value is -1.97. The largest absolute Gasteiger partial charge is 0.376 e. The van der Waals surface area contributed by atoms with Gasteiger partial charge in [0.2, 0.25) is 21.8 Å². The van der Waals surface area contributed by atoms with Crippen LogP contribution in [-0.2, 0) is 24.3 Å². The SMILES string of the molecule is CCC[C@H](C(=O)NC1CCCC1)N(C[C@@H]1CCCO1)C(=O)CNS(=O)(=O)c1ccccc1. The number of rotatable bonds is 11. The number of sulfonamides is 1. The number of nitrogens with zero attached hydrogens (tertiary/aromatic N) is 1. The van der Waals surface area contributed by atoms with Crippen molar-refractivity contribution in [3.05, 3.63) is 30.3 Å². The molecule has 2 amide bonds. The quantitative estimate of drug-likeness (QED) is 0.521. The van der Waals surface area contributed by atoms with Gasteiger partial charge in [0.1, 0.15) is 6.04 Å². The fourth-order valence-corrected chi connectivity index (χ4v) is 5.42. The first kappa shape index (κ1) is 24.7. The highest BCUT2D eigenvalue weighted by molar-refractivity contribution is 7.89. The highest BCUT2D eigenvalue weighted by atomic mass is 32.2. The van der Waals surface area contributed by atoms with Crippen molar-refractivity contribution in [2.45, 2.75) is 81.4 Å². The number of carbonyl (C=O) groups is 2. The van der Waals surface area contributed by atoms with Gasteiger partial charge in [-0.15, -0.1) is 0 Å². The maximum absolute atomic E-state index is 13.2. The minimum Gasteiger partial charge on any atom is -0.376 e. The summed E-state index contributed by atoms with van der Waals surface area (Å²) >= 11 is 0. The fourth-order valence-electron chi connectivity index (χ4n) is 4.42. The van der Waals surface area contributed by atoms with E-state index in [-0.39, 0.29) is 29.5 Å². The van der Waals surface area contributed by atoms with Crippen LogP contribution in [0.2, 0.25) is 0 Å². The second-order valence-electron chi connectivity index (χ2n) is 8.61. The number of benzene rings is 1. The van der Waals surface area contributed by atoms with Crippen molar-refractivity contribution in [2.75, 3.05) is 19.7 Å². The van der Waals surface area contributed by atoms with Crippen LogP contribution < -0.4 is 10.0 Å². The molecule has 178 valence electrons. The van der Waals surface area contributed by atoms with E-state index in [1.54, 1.807) is 18.2 Å². The standard InChI is InChI=1S/C23H35N3O5S/c1-2-9-21(23(28)25-18-10-6-7-11-18)26(17-19-12-8-15-31-19)22(27)16-24-32(29,30)20-13-4-3-5-14-20/h3-5,13-14,18-19,21,24H,2,6-12,15-17H2,1H3,(H,25,28)/t19-,21+/m0/s1. The van der Waals surface area contributed by atoms with Crippen LogP contribution in [0.15, 0.2) is 35.2 Å². The molecule has 2 aliphatic rings. The van der Waals surface area contributed by atoms with Crippen molar-refractivity contribution in [1.82, 2.24) is 14.9 Å². The summed E-state index contributed by atoms with van der Waals surface area (Å²) in [5.41, 5.74) is 0. The van der Waals surface area contributed by atoms with E-state index in [2.05, 4.69) is 10.0 Å². The lowest BCUT2D eigenvalue weighted by Crippen LogP contribution is -2.55. The minimum absolute atomic E-state index is 0.0996. The van der Waals surface area contributed by atoms with Gasteiger partial charge >= 0.3 is 0 Å². The average molecular weight is 466 g/mol. The Labute approximate surface area is 191 Å². The maximum atomic E-state index is 13.2. The van der Waals surface area contributed by atoms with Crippen molar-refractivity contribution in [1.29, 1.82) is 0 Å². The van der Waals surface area contributed by atoms with Crippen LogP contribution in [-0.4, -0.2) is 63.0 Å². The van der Waals surface area contributed by atoms with Crippen molar-refractivity contribution >= 4 is 21.8 Å². The Kier molecular flexibility index (Phi) is 9.07. The molecule has 1 saturated carbocycles. The molecule has 1 aliphatic heterocycles. The van der Waals surface area contributed by atoms with E-state index in [0.29, 0.717) is 13.0 Å². The Bertz CT molecular complexity index is 850. The number of ether oxygens (including phenoxy) is 1. The molecule has 2 fully saturated rings. The molecule has 1 aromatic carbocycles. The van der Waals surface area contributed by atoms with Gasteiger partial charge in [-0.1, -0.05) is 44.4 Å². The lowest BCUT2D eigenvalue weighted by molar-refractivity contribution is -0.142. The zero-order chi connectivity index (χ0) is 23.0. The lowest BCUT2D eigenvalue weighted by Gasteiger charge is -2.33. The molecular weight excluding hydrogens is 430 g/mol. The van der Waals surface area contributed by atoms with Crippen molar-refractivity contribution in [3.8, 4) is 0 Å². The van der Waals surface area contributed by atoms with E-state index in [4.69, 9.17) is 4.74 Å². The number of hydrogen-bond acceptors (Lipinski definition) is 5. The van der Waals surface area contributed by atoms with Gasteiger partial charge in [0.05, 0.1) is 17.5 Å². The normalized spacial score (nSPS) is 20.2. The van der Waals surface area contributed by atoms with Gasteiger partial charge in [0.15, 0.2) is 0 Å². The van der Waals surface area contributed by atoms with Crippen LogP contribution in [0.25, 0.3) is 0 Å². The molecule has 1 aliphatic carbocycles. The highest BCUT2D eigenvalue weighted by Gasteiger charge is 2.34. The highest BCUT2D eigenvalue weighted by Crippen LogP contribution is 2.20. The van der Waals surface area contributed by atoms with E-state index in [1.165, 1.54) is 17.0 Å². The molecule has 9 heteroatoms. The third-order valence-electron chi connectivity index (χ3n) is 6.15. The number of amides is 2. The van der Waals surface area contributed by atoms with Crippen molar-refractivity contribution in [3.63, 3.8) is 0 Å². The molecule has 0 spiro atoms. The van der Waals surface area contributed by atoms with E-state index in [0.717, 1.165) is 44.9 Å². The first-order valence-electron chi connectivity index (χ1n) is 11.7. The predicted molar refractivity (Wildman–Crippen MR) is 121 cm³/mol. The van der Waals surface area contributed by atoms with Crippen LogP contribution in [0.1, 0.15) is 58.3 Å². The van der Waals surface area contributed by atoms with Gasteiger partial charge in [-0.25, -0.2) is 13.1 Å². The summed E-state index contributed by atoms with van der Waals surface area (Å²) in [5, 5.41) is 3.11. The molecule has 0 aromatic heterocycles. The van der Waals surface area contributed by atoms with Crippen molar-refractivity contribution < 1.29 is 22.7 Å². The van der Waals surface area contributed by atoms with E-state index in [1.807, 2.05) is 6.92 Å². The summed E-state index contributed by atoms with van der Waals surface area (Å²) in [4.78, 5) is 28.0. The molecule has 1 heterocycles. The van der Waals surface area contributed by atoms with E-state index < -0.39 is 28.5 Å². The smallest absolute Gasteiger partial charge is 0.243 e. The van der Waals surface area contributed by atoms with Crippen LogP contribution in [0.3, 0.4) is 0 Å². The molecule has 2 N–H and O–H groups in total. The van der Waals surface area contributed by atoms with Gasteiger partial charge in [-0.3, -0.25) is 9.59 Å². The number of nitrogens with one attached hydrogen (secondary N) is 2. The average Bonchev–Trinajstić information content (AvgIpc) is 3.49. The maximum Gasteiger partial charge on any atom is 0.243 e. The van der Waals surface area contributed by atoms with Gasteiger partial charge in [0, 0.05) is 19.2 Å². The van der Waals surface area contributed by atoms with Gasteiger partial charge in [-0.05, 0) is 44.2 Å². The summed E-state index contributed by atoms with van der Waals surface area (Å²) < 4.78 is 33.3. The summed E-state index contributed by atoms with van der Waals surface area (Å²) in [6.07, 6.45) is 6.97. The third-order valence-corrected chi connectivity index (χ3v) is 7.57. The minimum atomic E-state index is -3.82. The van der Waals surface area contributed by atoms with E-state index >= 15 is 0 Å². The zero-order valence-corrected chi connectivity index (χ0v) is 19.6. The molecule has 2 atom stereocenters. The summed E-state index contributed by atoms with van der Waals surface area (Å²) in [7, 11) is -3.82. The Morgan fingerprint density at radius 1 is 1.12 bits per heavy atom. The Morgan fingerprint density at radius 3 is 2.47 bits per heavy atom. The second-order valence-corrected chi connectivity index (χ2v) is 10.4. The summed E-state index contributed by atoms with van der Waals surface area (Å²) in [6, 6.07) is 7.45. The van der Waals surface area contributed by atoms with Gasteiger partial charge < -0.3 is 15.0 Å². The molecule has 8 nitrogen and oxygen atoms in total. The third kappa shape index (κ3) is 6.76. The van der Waals surface area contributed by atoms with Gasteiger partial charge in [-0.2, -0.15) is 0 Å². The van der Waals surface area contributed by atoms with Crippen LogP contribution in [0.4, 0.5) is 0 Å². The molecule has 1 aromatic rings. The first-order chi connectivity index (χ1) is 15.4. The number of carbonyl (C=O) groups excluding carboxylic acids is 2. The first-order valence-corrected chi connectivity index (χ1v) is 13.1. The fraction of sp³-hybridized carbons (Fsp3) is 0.652. The molecule has 0 bridgehead atoms. The molecule has 1 saturated heterocycles. The van der Waals surface area contributed by atoms with E-state index in [9.17, 15) is 18.0 Å². The number of hydrogen-bond donors (Lipinski definition) is 2. The molecule has 3 rings (SSSR count). The molecular formula is C23H35N3O5S. The predicted octanol–water partition coefficient (Wildman–Crippen LogP) is 2.20. The summed E-state index contributed by atoms with van der Waals surface area (Å²) in [5.74, 6) is -0.573. The monoisotopic (exact) mass is 465 g/mol. The van der Waals surface area contributed by atoms with Crippen LogP contribution in [0.5, 0.6) is 0 Å². The van der Waals surface area contributed by atoms with Crippen LogP contribution in [0, 0.1) is 0 Å². The van der Waals surface area contributed by atoms with Gasteiger partial charge in [0.25, 0.3) is 0 Å². The van der Waals surface area contributed by atoms with Crippen molar-refractivity contribution in [2.24, 2.45) is 0 Å². The zero-order valence-electron chi connectivity index (χ0n) is 18.8. The molecule has 0 unspecified atom stereocenters. The Balaban J connectivity index is 1.73. The summed E-state index contributed by atoms with van der Waals surface area (Å²) in [6.45, 7) is 2.50.